The van der Waals surface area contributed by atoms with Crippen molar-refractivity contribution in [1.82, 2.24) is 10.2 Å². The SMILES string of the molecule is CCN(CC)C(=O)CCNCC1Cc2ccccc2S1. The maximum atomic E-state index is 11.9. The van der Waals surface area contributed by atoms with E-state index in [-0.39, 0.29) is 5.91 Å². The summed E-state index contributed by atoms with van der Waals surface area (Å²) in [6.07, 6.45) is 1.74. The average molecular weight is 292 g/mol. The molecule has 4 heteroatoms. The van der Waals surface area contributed by atoms with Gasteiger partial charge in [-0.15, -0.1) is 11.8 Å². The number of carbonyl (C=O) groups is 1. The number of hydrogen-bond donors (Lipinski definition) is 1. The molecule has 0 aliphatic carbocycles. The first-order chi connectivity index (χ1) is 9.74. The molecule has 0 saturated carbocycles. The number of amides is 1. The van der Waals surface area contributed by atoms with E-state index in [0.29, 0.717) is 11.7 Å². The van der Waals surface area contributed by atoms with Crippen molar-refractivity contribution in [2.24, 2.45) is 0 Å². The van der Waals surface area contributed by atoms with E-state index in [1.54, 1.807) is 0 Å². The average Bonchev–Trinajstić information content (AvgIpc) is 2.87. The van der Waals surface area contributed by atoms with Crippen LogP contribution in [0.1, 0.15) is 25.8 Å². The zero-order chi connectivity index (χ0) is 14.4. The Bertz CT molecular complexity index is 421. The molecule has 1 heterocycles. The number of fused-ring (bicyclic) bond motifs is 1. The summed E-state index contributed by atoms with van der Waals surface area (Å²) in [5.74, 6) is 0.255. The van der Waals surface area contributed by atoms with Gasteiger partial charge in [0.05, 0.1) is 0 Å². The largest absolute Gasteiger partial charge is 0.343 e. The predicted molar refractivity (Wildman–Crippen MR) is 85.2 cm³/mol. The number of benzene rings is 1. The summed E-state index contributed by atoms with van der Waals surface area (Å²) in [5, 5.41) is 4.04. The molecule has 1 aliphatic heterocycles. The van der Waals surface area contributed by atoms with E-state index in [4.69, 9.17) is 0 Å². The molecule has 1 unspecified atom stereocenters. The van der Waals surface area contributed by atoms with Crippen LogP contribution in [0.2, 0.25) is 0 Å². The van der Waals surface area contributed by atoms with E-state index in [9.17, 15) is 4.79 Å². The minimum Gasteiger partial charge on any atom is -0.343 e. The summed E-state index contributed by atoms with van der Waals surface area (Å²) >= 11 is 1.95. The molecular formula is C16H24N2OS. The van der Waals surface area contributed by atoms with E-state index in [1.807, 2.05) is 30.5 Å². The Kier molecular flexibility index (Phi) is 5.92. The Hall–Kier alpha value is -1.00. The Morgan fingerprint density at radius 2 is 2.10 bits per heavy atom. The lowest BCUT2D eigenvalue weighted by atomic mass is 10.1. The Balaban J connectivity index is 1.65. The zero-order valence-electron chi connectivity index (χ0n) is 12.4. The monoisotopic (exact) mass is 292 g/mol. The number of nitrogens with one attached hydrogen (secondary N) is 1. The van der Waals surface area contributed by atoms with Crippen LogP contribution in [0, 0.1) is 0 Å². The van der Waals surface area contributed by atoms with Crippen LogP contribution in [0.3, 0.4) is 0 Å². The van der Waals surface area contributed by atoms with Crippen LogP contribution < -0.4 is 5.32 Å². The molecule has 0 aromatic heterocycles. The second-order valence-electron chi connectivity index (χ2n) is 5.07. The van der Waals surface area contributed by atoms with Gasteiger partial charge in [-0.05, 0) is 31.9 Å². The van der Waals surface area contributed by atoms with Crippen molar-refractivity contribution < 1.29 is 4.79 Å². The first-order valence-electron chi connectivity index (χ1n) is 7.47. The van der Waals surface area contributed by atoms with E-state index < -0.39 is 0 Å². The van der Waals surface area contributed by atoms with Gasteiger partial charge in [-0.25, -0.2) is 0 Å². The van der Waals surface area contributed by atoms with Crippen LogP contribution in [0.4, 0.5) is 0 Å². The molecule has 0 saturated heterocycles. The molecule has 0 radical (unpaired) electrons. The molecular weight excluding hydrogens is 268 g/mol. The highest BCUT2D eigenvalue weighted by Gasteiger charge is 2.21. The van der Waals surface area contributed by atoms with Crippen LogP contribution in [0.15, 0.2) is 29.2 Å². The van der Waals surface area contributed by atoms with Gasteiger partial charge in [0.1, 0.15) is 0 Å². The number of rotatable bonds is 7. The van der Waals surface area contributed by atoms with Crippen molar-refractivity contribution in [3.8, 4) is 0 Å². The fourth-order valence-electron chi connectivity index (χ4n) is 2.56. The van der Waals surface area contributed by atoms with Crippen molar-refractivity contribution in [3.63, 3.8) is 0 Å². The smallest absolute Gasteiger partial charge is 0.223 e. The molecule has 0 spiro atoms. The highest BCUT2D eigenvalue weighted by atomic mass is 32.2. The second-order valence-corrected chi connectivity index (χ2v) is 6.41. The summed E-state index contributed by atoms with van der Waals surface area (Å²) in [4.78, 5) is 15.2. The molecule has 1 N–H and O–H groups in total. The quantitative estimate of drug-likeness (QED) is 0.784. The van der Waals surface area contributed by atoms with Crippen LogP contribution >= 0.6 is 11.8 Å². The maximum Gasteiger partial charge on any atom is 0.223 e. The van der Waals surface area contributed by atoms with Gasteiger partial charge in [0.15, 0.2) is 0 Å². The normalized spacial score (nSPS) is 17.0. The lowest BCUT2D eigenvalue weighted by Gasteiger charge is -2.18. The third kappa shape index (κ3) is 4.00. The van der Waals surface area contributed by atoms with E-state index in [2.05, 4.69) is 29.6 Å². The summed E-state index contributed by atoms with van der Waals surface area (Å²) in [6, 6.07) is 8.62. The lowest BCUT2D eigenvalue weighted by molar-refractivity contribution is -0.130. The number of nitrogens with zero attached hydrogens (tertiary/aromatic N) is 1. The zero-order valence-corrected chi connectivity index (χ0v) is 13.2. The summed E-state index contributed by atoms with van der Waals surface area (Å²) in [7, 11) is 0. The van der Waals surface area contributed by atoms with Gasteiger partial charge in [-0.2, -0.15) is 0 Å². The van der Waals surface area contributed by atoms with Crippen molar-refractivity contribution in [2.45, 2.75) is 36.8 Å². The Morgan fingerprint density at radius 1 is 1.35 bits per heavy atom. The van der Waals surface area contributed by atoms with Crippen molar-refractivity contribution in [1.29, 1.82) is 0 Å². The van der Waals surface area contributed by atoms with Crippen LogP contribution in [-0.2, 0) is 11.2 Å². The Labute approximate surface area is 126 Å². The highest BCUT2D eigenvalue weighted by Crippen LogP contribution is 2.36. The van der Waals surface area contributed by atoms with Gasteiger partial charge in [-0.3, -0.25) is 4.79 Å². The summed E-state index contributed by atoms with van der Waals surface area (Å²) < 4.78 is 0. The first-order valence-corrected chi connectivity index (χ1v) is 8.35. The molecule has 1 amide bonds. The molecule has 1 aromatic carbocycles. The van der Waals surface area contributed by atoms with E-state index in [1.165, 1.54) is 10.5 Å². The van der Waals surface area contributed by atoms with Gasteiger partial charge < -0.3 is 10.2 Å². The third-order valence-electron chi connectivity index (χ3n) is 3.72. The summed E-state index contributed by atoms with van der Waals surface area (Å²) in [6.45, 7) is 7.43. The van der Waals surface area contributed by atoms with Gasteiger partial charge >= 0.3 is 0 Å². The molecule has 110 valence electrons. The number of carbonyl (C=O) groups excluding carboxylic acids is 1. The highest BCUT2D eigenvalue weighted by molar-refractivity contribution is 8.00. The Morgan fingerprint density at radius 3 is 2.80 bits per heavy atom. The summed E-state index contributed by atoms with van der Waals surface area (Å²) in [5.41, 5.74) is 1.46. The number of thioether (sulfide) groups is 1. The molecule has 20 heavy (non-hydrogen) atoms. The standard InChI is InChI=1S/C16H24N2OS/c1-3-18(4-2)16(19)9-10-17-12-14-11-13-7-5-6-8-15(13)20-14/h5-8,14,17H,3-4,9-12H2,1-2H3. The second kappa shape index (κ2) is 7.70. The molecule has 2 rings (SSSR count). The van der Waals surface area contributed by atoms with Crippen molar-refractivity contribution >= 4 is 17.7 Å². The maximum absolute atomic E-state index is 11.9. The molecule has 0 fully saturated rings. The topological polar surface area (TPSA) is 32.3 Å². The van der Waals surface area contributed by atoms with Crippen LogP contribution in [0.5, 0.6) is 0 Å². The van der Waals surface area contributed by atoms with Gasteiger partial charge in [0, 0.05) is 42.7 Å². The first kappa shape index (κ1) is 15.4. The molecule has 3 nitrogen and oxygen atoms in total. The molecule has 1 atom stereocenters. The van der Waals surface area contributed by atoms with Gasteiger partial charge in [-0.1, -0.05) is 18.2 Å². The van der Waals surface area contributed by atoms with Crippen LogP contribution in [-0.4, -0.2) is 42.2 Å². The van der Waals surface area contributed by atoms with E-state index in [0.717, 1.165) is 32.6 Å². The number of hydrogen-bond acceptors (Lipinski definition) is 3. The fourth-order valence-corrected chi connectivity index (χ4v) is 3.84. The minimum atomic E-state index is 0.255. The molecule has 0 bridgehead atoms. The van der Waals surface area contributed by atoms with E-state index >= 15 is 0 Å². The predicted octanol–water partition coefficient (Wildman–Crippen LogP) is 2.55. The van der Waals surface area contributed by atoms with Crippen molar-refractivity contribution in [3.05, 3.63) is 29.8 Å². The lowest BCUT2D eigenvalue weighted by Crippen LogP contribution is -2.34. The molecule has 1 aliphatic rings. The van der Waals surface area contributed by atoms with Crippen molar-refractivity contribution in [2.75, 3.05) is 26.2 Å². The van der Waals surface area contributed by atoms with Gasteiger partial charge in [0.25, 0.3) is 0 Å². The third-order valence-corrected chi connectivity index (χ3v) is 5.04. The van der Waals surface area contributed by atoms with Crippen LogP contribution in [0.25, 0.3) is 0 Å². The molecule has 1 aromatic rings. The fraction of sp³-hybridized carbons (Fsp3) is 0.562. The minimum absolute atomic E-state index is 0.255. The van der Waals surface area contributed by atoms with Gasteiger partial charge in [0.2, 0.25) is 5.91 Å².